The van der Waals surface area contributed by atoms with Crippen molar-refractivity contribution >= 4 is 15.8 Å². The summed E-state index contributed by atoms with van der Waals surface area (Å²) in [6.07, 6.45) is 0. The van der Waals surface area contributed by atoms with Crippen molar-refractivity contribution in [2.45, 2.75) is 45.9 Å². The Morgan fingerprint density at radius 3 is 2.62 bits per heavy atom. The van der Waals surface area contributed by atoms with Crippen LogP contribution in [0.4, 0.5) is 0 Å². The minimum absolute atomic E-state index is 0.175. The lowest BCUT2D eigenvalue weighted by Gasteiger charge is -2.39. The van der Waals surface area contributed by atoms with E-state index in [-0.39, 0.29) is 5.75 Å². The molecule has 0 spiro atoms. The van der Waals surface area contributed by atoms with Crippen LogP contribution >= 0.6 is 0 Å². The van der Waals surface area contributed by atoms with Crippen molar-refractivity contribution in [2.75, 3.05) is 25.4 Å². The highest BCUT2D eigenvalue weighted by molar-refractivity contribution is 7.92. The minimum Gasteiger partial charge on any atom is -0.357 e. The first-order valence-electron chi connectivity index (χ1n) is 8.48. The van der Waals surface area contributed by atoms with E-state index in [1.54, 1.807) is 13.8 Å². The number of rotatable bonds is 3. The zero-order valence-electron chi connectivity index (χ0n) is 15.4. The van der Waals surface area contributed by atoms with Crippen LogP contribution in [-0.4, -0.2) is 49.4 Å². The summed E-state index contributed by atoms with van der Waals surface area (Å²) in [5.41, 5.74) is 3.67. The zero-order chi connectivity index (χ0) is 18.0. The number of sulfone groups is 1. The van der Waals surface area contributed by atoms with Crippen LogP contribution in [0.2, 0.25) is 0 Å². The average Bonchev–Trinajstić information content (AvgIpc) is 2.48. The van der Waals surface area contributed by atoms with E-state index in [4.69, 9.17) is 4.99 Å². The third-order valence-electron chi connectivity index (χ3n) is 4.58. The van der Waals surface area contributed by atoms with Crippen molar-refractivity contribution in [1.29, 1.82) is 0 Å². The molecule has 2 rings (SSSR count). The van der Waals surface area contributed by atoms with Gasteiger partial charge < -0.3 is 10.2 Å². The molecule has 1 aromatic carbocycles. The molecule has 0 saturated carbocycles. The van der Waals surface area contributed by atoms with Crippen molar-refractivity contribution in [3.8, 4) is 0 Å². The van der Waals surface area contributed by atoms with Gasteiger partial charge in [0.25, 0.3) is 0 Å². The predicted molar refractivity (Wildman–Crippen MR) is 100 cm³/mol. The summed E-state index contributed by atoms with van der Waals surface area (Å²) in [6, 6.07) is 6.37. The molecule has 1 aliphatic rings. The maximum absolute atomic E-state index is 12.2. The summed E-state index contributed by atoms with van der Waals surface area (Å²) in [5, 5.41) is 3.30. The number of hydrogen-bond donors (Lipinski definition) is 1. The fourth-order valence-corrected chi connectivity index (χ4v) is 4.30. The molecule has 0 aromatic heterocycles. The molecule has 1 aliphatic heterocycles. The first-order chi connectivity index (χ1) is 11.2. The van der Waals surface area contributed by atoms with Gasteiger partial charge in [-0.05, 0) is 45.7 Å². The van der Waals surface area contributed by atoms with E-state index in [9.17, 15) is 8.42 Å². The molecule has 6 heteroatoms. The Balaban J connectivity index is 2.20. The topological polar surface area (TPSA) is 61.8 Å². The number of nitrogens with zero attached hydrogens (tertiary/aromatic N) is 2. The van der Waals surface area contributed by atoms with E-state index in [1.807, 2.05) is 6.92 Å². The van der Waals surface area contributed by atoms with Crippen LogP contribution in [0.1, 0.15) is 37.5 Å². The zero-order valence-corrected chi connectivity index (χ0v) is 16.2. The molecule has 0 aliphatic carbocycles. The fraction of sp³-hybridized carbons (Fsp3) is 0.611. The number of aryl methyl sites for hydroxylation is 2. The maximum atomic E-state index is 12.2. The van der Waals surface area contributed by atoms with Crippen LogP contribution in [0.15, 0.2) is 23.2 Å². The predicted octanol–water partition coefficient (Wildman–Crippen LogP) is 2.28. The SMILES string of the molecule is CCNC(=NCc1ccc(C)cc1C)N1CCS(=O)(=O)C(C)(C)C1. The van der Waals surface area contributed by atoms with Gasteiger partial charge in [-0.25, -0.2) is 13.4 Å². The molecule has 1 saturated heterocycles. The highest BCUT2D eigenvalue weighted by Gasteiger charge is 2.40. The lowest BCUT2D eigenvalue weighted by molar-refractivity contribution is 0.353. The van der Waals surface area contributed by atoms with Gasteiger partial charge in [0.05, 0.1) is 17.0 Å². The normalized spacial score (nSPS) is 20.0. The summed E-state index contributed by atoms with van der Waals surface area (Å²) < 4.78 is 23.6. The van der Waals surface area contributed by atoms with Crippen LogP contribution in [0.3, 0.4) is 0 Å². The van der Waals surface area contributed by atoms with Gasteiger partial charge in [-0.15, -0.1) is 0 Å². The molecule has 1 fully saturated rings. The summed E-state index contributed by atoms with van der Waals surface area (Å²) >= 11 is 0. The largest absolute Gasteiger partial charge is 0.357 e. The number of benzene rings is 1. The monoisotopic (exact) mass is 351 g/mol. The Morgan fingerprint density at radius 1 is 1.33 bits per heavy atom. The van der Waals surface area contributed by atoms with Crippen LogP contribution in [0, 0.1) is 13.8 Å². The second kappa shape index (κ2) is 7.13. The molecule has 134 valence electrons. The molecular weight excluding hydrogens is 322 g/mol. The lowest BCUT2D eigenvalue weighted by Crippen LogP contribution is -2.57. The summed E-state index contributed by atoms with van der Waals surface area (Å²) in [6.45, 7) is 12.1. The van der Waals surface area contributed by atoms with Crippen molar-refractivity contribution in [3.05, 3.63) is 34.9 Å². The molecule has 0 unspecified atom stereocenters. The Hall–Kier alpha value is -1.56. The standard InChI is InChI=1S/C18H29N3O2S/c1-6-19-17(20-12-16-8-7-14(2)11-15(16)3)21-9-10-24(22,23)18(4,5)13-21/h7-8,11H,6,9-10,12-13H2,1-5H3,(H,19,20). The van der Waals surface area contributed by atoms with Crippen molar-refractivity contribution in [3.63, 3.8) is 0 Å². The third-order valence-corrected chi connectivity index (χ3v) is 7.11. The minimum atomic E-state index is -3.05. The Morgan fingerprint density at radius 2 is 2.04 bits per heavy atom. The number of hydrogen-bond acceptors (Lipinski definition) is 3. The van der Waals surface area contributed by atoms with Gasteiger partial charge >= 0.3 is 0 Å². The van der Waals surface area contributed by atoms with Crippen LogP contribution < -0.4 is 5.32 Å². The fourth-order valence-electron chi connectivity index (χ4n) is 2.93. The molecule has 1 heterocycles. The third kappa shape index (κ3) is 4.09. The van der Waals surface area contributed by atoms with Crippen LogP contribution in [0.25, 0.3) is 0 Å². The van der Waals surface area contributed by atoms with E-state index in [0.29, 0.717) is 19.6 Å². The molecular formula is C18H29N3O2S. The van der Waals surface area contributed by atoms with Gasteiger partial charge in [-0.1, -0.05) is 23.8 Å². The van der Waals surface area contributed by atoms with Gasteiger partial charge in [0.1, 0.15) is 0 Å². The Labute approximate surface area is 146 Å². The summed E-state index contributed by atoms with van der Waals surface area (Å²) in [7, 11) is -3.05. The number of aliphatic imine (C=N–C) groups is 1. The first-order valence-corrected chi connectivity index (χ1v) is 10.1. The quantitative estimate of drug-likeness (QED) is 0.670. The van der Waals surface area contributed by atoms with E-state index in [1.165, 1.54) is 16.7 Å². The second-order valence-corrected chi connectivity index (χ2v) is 9.84. The van der Waals surface area contributed by atoms with Gasteiger partial charge in [0, 0.05) is 19.6 Å². The number of nitrogens with one attached hydrogen (secondary N) is 1. The lowest BCUT2D eigenvalue weighted by atomic mass is 10.1. The van der Waals surface area contributed by atoms with Crippen molar-refractivity contribution in [2.24, 2.45) is 4.99 Å². The van der Waals surface area contributed by atoms with E-state index >= 15 is 0 Å². The van der Waals surface area contributed by atoms with Crippen molar-refractivity contribution < 1.29 is 8.42 Å². The van der Waals surface area contributed by atoms with E-state index < -0.39 is 14.6 Å². The van der Waals surface area contributed by atoms with Gasteiger partial charge in [-0.3, -0.25) is 0 Å². The van der Waals surface area contributed by atoms with Crippen LogP contribution in [-0.2, 0) is 16.4 Å². The van der Waals surface area contributed by atoms with Gasteiger partial charge in [0.2, 0.25) is 0 Å². The summed E-state index contributed by atoms with van der Waals surface area (Å²) in [4.78, 5) is 6.81. The van der Waals surface area contributed by atoms with Gasteiger partial charge in [-0.2, -0.15) is 0 Å². The molecule has 5 nitrogen and oxygen atoms in total. The molecule has 24 heavy (non-hydrogen) atoms. The van der Waals surface area contributed by atoms with Crippen LogP contribution in [0.5, 0.6) is 0 Å². The molecule has 1 aromatic rings. The highest BCUT2D eigenvalue weighted by atomic mass is 32.2. The summed E-state index contributed by atoms with van der Waals surface area (Å²) in [5.74, 6) is 0.967. The average molecular weight is 352 g/mol. The molecule has 0 bridgehead atoms. The molecule has 1 N–H and O–H groups in total. The van der Waals surface area contributed by atoms with E-state index in [0.717, 1.165) is 12.5 Å². The van der Waals surface area contributed by atoms with E-state index in [2.05, 4.69) is 42.3 Å². The second-order valence-electron chi connectivity index (χ2n) is 7.10. The molecule has 0 amide bonds. The highest BCUT2D eigenvalue weighted by Crippen LogP contribution is 2.24. The first kappa shape index (κ1) is 18.8. The number of guanidine groups is 1. The van der Waals surface area contributed by atoms with Gasteiger partial charge in [0.15, 0.2) is 15.8 Å². The molecule has 0 atom stereocenters. The maximum Gasteiger partial charge on any atom is 0.194 e. The Kier molecular flexibility index (Phi) is 5.58. The Bertz CT molecular complexity index is 724. The molecule has 0 radical (unpaired) electrons. The van der Waals surface area contributed by atoms with Crippen molar-refractivity contribution in [1.82, 2.24) is 10.2 Å². The smallest absolute Gasteiger partial charge is 0.194 e.